The lowest BCUT2D eigenvalue weighted by molar-refractivity contribution is 0.109. The number of amides is 2. The monoisotopic (exact) mass is 409 g/mol. The Bertz CT molecular complexity index is 895. The fourth-order valence-corrected chi connectivity index (χ4v) is 5.41. The number of rotatable bonds is 2. The summed E-state index contributed by atoms with van der Waals surface area (Å²) >= 11 is 1.86. The van der Waals surface area contributed by atoms with Crippen molar-refractivity contribution >= 4 is 17.8 Å². The van der Waals surface area contributed by atoms with Crippen LogP contribution in [-0.4, -0.2) is 65.8 Å². The van der Waals surface area contributed by atoms with Gasteiger partial charge in [0.25, 0.3) is 0 Å². The van der Waals surface area contributed by atoms with E-state index in [0.717, 1.165) is 70.3 Å². The van der Waals surface area contributed by atoms with Gasteiger partial charge < -0.3 is 14.5 Å². The number of carbonyl (C=O) groups excluding carboxylic acids is 1. The minimum atomic E-state index is 0.191. The smallest absolute Gasteiger partial charge is 0.320 e. The van der Waals surface area contributed by atoms with Crippen LogP contribution in [-0.2, 0) is 19.5 Å². The molecule has 152 valence electrons. The molecule has 0 atom stereocenters. The lowest BCUT2D eigenvalue weighted by atomic mass is 10.1. The van der Waals surface area contributed by atoms with E-state index in [9.17, 15) is 4.79 Å². The largest absolute Gasteiger partial charge is 0.493 e. The van der Waals surface area contributed by atoms with Crippen molar-refractivity contribution in [3.05, 3.63) is 59.2 Å². The van der Waals surface area contributed by atoms with Crippen molar-refractivity contribution < 1.29 is 9.53 Å². The van der Waals surface area contributed by atoms with E-state index in [1.54, 1.807) is 0 Å². The molecular formula is C23H27N3O2S. The van der Waals surface area contributed by atoms with E-state index >= 15 is 0 Å². The van der Waals surface area contributed by atoms with Crippen molar-refractivity contribution in [1.29, 1.82) is 0 Å². The minimum Gasteiger partial charge on any atom is -0.493 e. The van der Waals surface area contributed by atoms with Gasteiger partial charge in [-0.1, -0.05) is 30.3 Å². The average Bonchev–Trinajstić information content (AvgIpc) is 3.11. The maximum Gasteiger partial charge on any atom is 0.320 e. The Hall–Kier alpha value is -2.18. The van der Waals surface area contributed by atoms with Crippen LogP contribution in [0.1, 0.15) is 16.7 Å². The number of ether oxygens (including phenoxy) is 1. The van der Waals surface area contributed by atoms with Crippen molar-refractivity contribution in [2.45, 2.75) is 24.4 Å². The summed E-state index contributed by atoms with van der Waals surface area (Å²) in [5.74, 6) is 2.01. The molecule has 2 aromatic rings. The lowest BCUT2D eigenvalue weighted by Gasteiger charge is -2.37. The van der Waals surface area contributed by atoms with Crippen LogP contribution in [0.2, 0.25) is 0 Å². The van der Waals surface area contributed by atoms with Gasteiger partial charge in [-0.15, -0.1) is 11.8 Å². The summed E-state index contributed by atoms with van der Waals surface area (Å²) in [5, 5.41) is 0. The minimum absolute atomic E-state index is 0.191. The Kier molecular flexibility index (Phi) is 5.38. The van der Waals surface area contributed by atoms with Crippen LogP contribution in [0.4, 0.5) is 4.79 Å². The summed E-state index contributed by atoms with van der Waals surface area (Å²) in [5.41, 5.74) is 3.94. The van der Waals surface area contributed by atoms with Crippen molar-refractivity contribution in [3.8, 4) is 5.75 Å². The van der Waals surface area contributed by atoms with Crippen molar-refractivity contribution in [1.82, 2.24) is 14.7 Å². The van der Waals surface area contributed by atoms with Gasteiger partial charge in [0.05, 0.1) is 6.61 Å². The molecule has 6 heteroatoms. The van der Waals surface area contributed by atoms with Crippen LogP contribution in [0.5, 0.6) is 5.75 Å². The average molecular weight is 410 g/mol. The molecule has 2 amide bonds. The summed E-state index contributed by atoms with van der Waals surface area (Å²) < 4.78 is 5.61. The SMILES string of the molecule is O=C(N1CCN(Cc2ccc3c(c2)CCO3)CC1)N1CCSc2ccccc2C1. The molecular weight excluding hydrogens is 382 g/mol. The van der Waals surface area contributed by atoms with E-state index < -0.39 is 0 Å². The Morgan fingerprint density at radius 1 is 0.966 bits per heavy atom. The summed E-state index contributed by atoms with van der Waals surface area (Å²) in [4.78, 5) is 20.9. The van der Waals surface area contributed by atoms with Crippen LogP contribution in [0.15, 0.2) is 47.4 Å². The number of urea groups is 1. The normalized spacial score (nSPS) is 19.3. The summed E-state index contributed by atoms with van der Waals surface area (Å²) in [6.07, 6.45) is 1.02. The van der Waals surface area contributed by atoms with Gasteiger partial charge in [-0.25, -0.2) is 4.79 Å². The number of piperazine rings is 1. The molecule has 2 aromatic carbocycles. The molecule has 0 aliphatic carbocycles. The maximum absolute atomic E-state index is 13.1. The van der Waals surface area contributed by atoms with E-state index in [4.69, 9.17) is 4.74 Å². The molecule has 0 aromatic heterocycles. The molecule has 29 heavy (non-hydrogen) atoms. The first kappa shape index (κ1) is 18.8. The van der Waals surface area contributed by atoms with Crippen molar-refractivity contribution in [3.63, 3.8) is 0 Å². The number of fused-ring (bicyclic) bond motifs is 2. The molecule has 0 saturated carbocycles. The van der Waals surface area contributed by atoms with Crippen molar-refractivity contribution in [2.24, 2.45) is 0 Å². The van der Waals surface area contributed by atoms with Crippen molar-refractivity contribution in [2.75, 3.05) is 45.1 Å². The van der Waals surface area contributed by atoms with Gasteiger partial charge in [0.2, 0.25) is 0 Å². The Balaban J connectivity index is 1.17. The number of benzene rings is 2. The first-order valence-electron chi connectivity index (χ1n) is 10.5. The lowest BCUT2D eigenvalue weighted by Crippen LogP contribution is -2.52. The van der Waals surface area contributed by atoms with Crippen LogP contribution in [0, 0.1) is 0 Å². The second kappa shape index (κ2) is 8.28. The fraction of sp³-hybridized carbons (Fsp3) is 0.435. The number of hydrogen-bond acceptors (Lipinski definition) is 4. The number of nitrogens with zero attached hydrogens (tertiary/aromatic N) is 3. The van der Waals surface area contributed by atoms with E-state index in [-0.39, 0.29) is 6.03 Å². The molecule has 0 bridgehead atoms. The maximum atomic E-state index is 13.1. The van der Waals surface area contributed by atoms with Crippen LogP contribution in [0.3, 0.4) is 0 Å². The Labute approximate surface area is 176 Å². The zero-order valence-electron chi connectivity index (χ0n) is 16.7. The molecule has 0 unspecified atom stereocenters. The summed E-state index contributed by atoms with van der Waals surface area (Å²) in [7, 11) is 0. The van der Waals surface area contributed by atoms with Gasteiger partial charge >= 0.3 is 6.03 Å². The molecule has 1 saturated heterocycles. The van der Waals surface area contributed by atoms with Gasteiger partial charge in [0.15, 0.2) is 0 Å². The number of carbonyl (C=O) groups is 1. The van der Waals surface area contributed by atoms with E-state index in [1.165, 1.54) is 21.6 Å². The highest BCUT2D eigenvalue weighted by atomic mass is 32.2. The number of thioether (sulfide) groups is 1. The van der Waals surface area contributed by atoms with Crippen LogP contribution in [0.25, 0.3) is 0 Å². The highest BCUT2D eigenvalue weighted by Gasteiger charge is 2.27. The number of hydrogen-bond donors (Lipinski definition) is 0. The van der Waals surface area contributed by atoms with Gasteiger partial charge in [0.1, 0.15) is 5.75 Å². The van der Waals surface area contributed by atoms with Gasteiger partial charge in [-0.3, -0.25) is 4.90 Å². The Morgan fingerprint density at radius 2 is 1.83 bits per heavy atom. The standard InChI is InChI=1S/C23H27N3O2S/c27-23(26-12-14-29-22-4-2-1-3-20(22)17-26)25-10-8-24(9-11-25)16-18-5-6-21-19(15-18)7-13-28-21/h1-6,15H,7-14,16-17H2. The molecule has 0 N–H and O–H groups in total. The third kappa shape index (κ3) is 4.09. The third-order valence-electron chi connectivity index (χ3n) is 6.03. The first-order valence-corrected chi connectivity index (χ1v) is 11.5. The van der Waals surface area contributed by atoms with Gasteiger partial charge in [-0.2, -0.15) is 0 Å². The quantitative estimate of drug-likeness (QED) is 0.761. The van der Waals surface area contributed by atoms with Crippen LogP contribution >= 0.6 is 11.8 Å². The Morgan fingerprint density at radius 3 is 2.72 bits per heavy atom. The second-order valence-electron chi connectivity index (χ2n) is 7.96. The van der Waals surface area contributed by atoms with E-state index in [0.29, 0.717) is 0 Å². The first-order chi connectivity index (χ1) is 14.3. The zero-order valence-corrected chi connectivity index (χ0v) is 17.5. The topological polar surface area (TPSA) is 36.0 Å². The third-order valence-corrected chi connectivity index (χ3v) is 7.12. The predicted octanol–water partition coefficient (Wildman–Crippen LogP) is 3.47. The van der Waals surface area contributed by atoms with E-state index in [2.05, 4.69) is 47.4 Å². The molecule has 3 aliphatic heterocycles. The molecule has 1 fully saturated rings. The molecule has 0 radical (unpaired) electrons. The molecule has 3 heterocycles. The summed E-state index contributed by atoms with van der Waals surface area (Å²) in [6, 6.07) is 15.2. The highest BCUT2D eigenvalue weighted by Crippen LogP contribution is 2.28. The highest BCUT2D eigenvalue weighted by molar-refractivity contribution is 7.99. The molecule has 5 rings (SSSR count). The molecule has 0 spiro atoms. The predicted molar refractivity (Wildman–Crippen MR) is 115 cm³/mol. The van der Waals surface area contributed by atoms with Crippen LogP contribution < -0.4 is 4.74 Å². The second-order valence-corrected chi connectivity index (χ2v) is 9.10. The van der Waals surface area contributed by atoms with Gasteiger partial charge in [0, 0.05) is 62.9 Å². The zero-order chi connectivity index (χ0) is 19.6. The molecule has 5 nitrogen and oxygen atoms in total. The van der Waals surface area contributed by atoms with Gasteiger partial charge in [-0.05, 0) is 28.8 Å². The summed E-state index contributed by atoms with van der Waals surface area (Å²) in [6.45, 7) is 6.75. The molecule has 3 aliphatic rings. The van der Waals surface area contributed by atoms with E-state index in [1.807, 2.05) is 21.6 Å². The fourth-order valence-electron chi connectivity index (χ4n) is 4.38.